The molecule has 0 amide bonds. The van der Waals surface area contributed by atoms with E-state index >= 15 is 0 Å². The molecule has 0 aliphatic rings. The summed E-state index contributed by atoms with van der Waals surface area (Å²) in [5, 5.41) is 0.676. The molecule has 0 radical (unpaired) electrons. The van der Waals surface area contributed by atoms with Crippen LogP contribution in [0, 0.1) is 13.8 Å². The van der Waals surface area contributed by atoms with Crippen molar-refractivity contribution in [1.82, 2.24) is 0 Å². The van der Waals surface area contributed by atoms with Gasteiger partial charge < -0.3 is 9.15 Å². The zero-order valence-corrected chi connectivity index (χ0v) is 12.3. The van der Waals surface area contributed by atoms with Crippen LogP contribution in [0.4, 0.5) is 0 Å². The highest BCUT2D eigenvalue weighted by molar-refractivity contribution is 5.94. The van der Waals surface area contributed by atoms with E-state index < -0.39 is 11.6 Å². The molecular formula is C18H14O4. The summed E-state index contributed by atoms with van der Waals surface area (Å²) in [6.07, 6.45) is 0. The molecule has 2 aromatic carbocycles. The van der Waals surface area contributed by atoms with E-state index in [1.807, 2.05) is 38.1 Å². The van der Waals surface area contributed by atoms with E-state index in [4.69, 9.17) is 9.15 Å². The average molecular weight is 294 g/mol. The van der Waals surface area contributed by atoms with Gasteiger partial charge in [-0.2, -0.15) is 0 Å². The van der Waals surface area contributed by atoms with Crippen molar-refractivity contribution >= 4 is 16.9 Å². The van der Waals surface area contributed by atoms with Crippen molar-refractivity contribution in [3.05, 3.63) is 75.6 Å². The number of para-hydroxylation sites is 2. The molecule has 4 nitrogen and oxygen atoms in total. The molecular weight excluding hydrogens is 280 g/mol. The smallest absolute Gasteiger partial charge is 0.351 e. The Morgan fingerprint density at radius 3 is 2.41 bits per heavy atom. The van der Waals surface area contributed by atoms with Crippen LogP contribution >= 0.6 is 0 Å². The summed E-state index contributed by atoms with van der Waals surface area (Å²) in [5.41, 5.74) is 1.30. The molecule has 0 unspecified atom stereocenters. The Kier molecular flexibility index (Phi) is 3.51. The Morgan fingerprint density at radius 1 is 1.00 bits per heavy atom. The van der Waals surface area contributed by atoms with Gasteiger partial charge in [-0.05, 0) is 37.1 Å². The highest BCUT2D eigenvalue weighted by Crippen LogP contribution is 2.23. The summed E-state index contributed by atoms with van der Waals surface area (Å²) in [6, 6.07) is 14.1. The normalized spacial score (nSPS) is 10.6. The average Bonchev–Trinajstić information content (AvgIpc) is 2.50. The number of hydrogen-bond donors (Lipinski definition) is 0. The molecule has 3 aromatic rings. The van der Waals surface area contributed by atoms with E-state index in [1.165, 1.54) is 6.07 Å². The summed E-state index contributed by atoms with van der Waals surface area (Å²) in [4.78, 5) is 24.3. The second-order valence-corrected chi connectivity index (χ2v) is 5.10. The van der Waals surface area contributed by atoms with E-state index in [1.54, 1.807) is 18.2 Å². The van der Waals surface area contributed by atoms with Gasteiger partial charge in [0.05, 0.1) is 0 Å². The number of esters is 1. The molecule has 0 bridgehead atoms. The number of ether oxygens (including phenoxy) is 1. The first-order valence-corrected chi connectivity index (χ1v) is 6.87. The van der Waals surface area contributed by atoms with Crippen molar-refractivity contribution in [1.29, 1.82) is 0 Å². The predicted octanol–water partition coefficient (Wildman–Crippen LogP) is 3.63. The summed E-state index contributed by atoms with van der Waals surface area (Å²) < 4.78 is 10.5. The van der Waals surface area contributed by atoms with Gasteiger partial charge in [-0.3, -0.25) is 0 Å². The van der Waals surface area contributed by atoms with E-state index in [0.717, 1.165) is 11.1 Å². The highest BCUT2D eigenvalue weighted by atomic mass is 16.5. The van der Waals surface area contributed by atoms with Gasteiger partial charge in [0.25, 0.3) is 0 Å². The number of benzene rings is 2. The van der Waals surface area contributed by atoms with Crippen LogP contribution in [0.2, 0.25) is 0 Å². The number of rotatable bonds is 2. The minimum Gasteiger partial charge on any atom is -0.422 e. The molecule has 1 heterocycles. The molecule has 0 N–H and O–H groups in total. The van der Waals surface area contributed by atoms with Crippen molar-refractivity contribution in [3.63, 3.8) is 0 Å². The minimum atomic E-state index is -0.711. The molecule has 0 atom stereocenters. The molecule has 0 fully saturated rings. The molecule has 3 rings (SSSR count). The molecule has 22 heavy (non-hydrogen) atoms. The number of aryl methyl sites for hydroxylation is 2. The summed E-state index contributed by atoms with van der Waals surface area (Å²) >= 11 is 0. The maximum Gasteiger partial charge on any atom is 0.351 e. The zero-order valence-electron chi connectivity index (χ0n) is 12.3. The molecule has 0 saturated carbocycles. The van der Waals surface area contributed by atoms with Crippen molar-refractivity contribution in [2.75, 3.05) is 0 Å². The first-order valence-electron chi connectivity index (χ1n) is 6.87. The fourth-order valence-electron chi connectivity index (χ4n) is 2.31. The van der Waals surface area contributed by atoms with Gasteiger partial charge in [0.1, 0.15) is 16.9 Å². The van der Waals surface area contributed by atoms with Gasteiger partial charge in [0, 0.05) is 5.39 Å². The SMILES string of the molecule is Cc1cccc(C)c1OC(=O)c1cc2ccccc2oc1=O. The van der Waals surface area contributed by atoms with Gasteiger partial charge in [-0.15, -0.1) is 0 Å². The third-order valence-electron chi connectivity index (χ3n) is 3.46. The standard InChI is InChI=1S/C18H14O4/c1-11-6-5-7-12(2)16(11)22-18(20)14-10-13-8-3-4-9-15(13)21-17(14)19/h3-10H,1-2H3. The number of fused-ring (bicyclic) bond motifs is 1. The fraction of sp³-hybridized carbons (Fsp3) is 0.111. The minimum absolute atomic E-state index is 0.110. The van der Waals surface area contributed by atoms with Crippen LogP contribution < -0.4 is 10.4 Å². The van der Waals surface area contributed by atoms with Crippen molar-refractivity contribution < 1.29 is 13.9 Å². The molecule has 1 aromatic heterocycles. The Labute approximate surface area is 127 Å². The zero-order chi connectivity index (χ0) is 15.7. The Balaban J connectivity index is 2.02. The second kappa shape index (κ2) is 5.48. The van der Waals surface area contributed by atoms with E-state index in [9.17, 15) is 9.59 Å². The first-order chi connectivity index (χ1) is 10.6. The van der Waals surface area contributed by atoms with Gasteiger partial charge >= 0.3 is 11.6 Å². The van der Waals surface area contributed by atoms with Crippen LogP contribution in [0.15, 0.2) is 57.7 Å². The van der Waals surface area contributed by atoms with Gasteiger partial charge in [-0.25, -0.2) is 9.59 Å². The number of carbonyl (C=O) groups excluding carboxylic acids is 1. The van der Waals surface area contributed by atoms with Crippen LogP contribution in [-0.4, -0.2) is 5.97 Å². The van der Waals surface area contributed by atoms with E-state index in [-0.39, 0.29) is 5.56 Å². The molecule has 0 saturated heterocycles. The van der Waals surface area contributed by atoms with Crippen LogP contribution in [0.25, 0.3) is 11.0 Å². The maximum absolute atomic E-state index is 12.3. The third-order valence-corrected chi connectivity index (χ3v) is 3.46. The van der Waals surface area contributed by atoms with Crippen molar-refractivity contribution in [3.8, 4) is 5.75 Å². The number of carbonyl (C=O) groups is 1. The Hall–Kier alpha value is -2.88. The lowest BCUT2D eigenvalue weighted by Crippen LogP contribution is -2.19. The Bertz CT molecular complexity index is 902. The maximum atomic E-state index is 12.3. The molecule has 0 aliphatic carbocycles. The van der Waals surface area contributed by atoms with E-state index in [0.29, 0.717) is 16.7 Å². The quantitative estimate of drug-likeness (QED) is 0.411. The van der Waals surface area contributed by atoms with Crippen molar-refractivity contribution in [2.24, 2.45) is 0 Å². The summed E-state index contributed by atoms with van der Waals surface area (Å²) in [5.74, 6) is -0.239. The van der Waals surface area contributed by atoms with Gasteiger partial charge in [0.15, 0.2) is 0 Å². The largest absolute Gasteiger partial charge is 0.422 e. The highest BCUT2D eigenvalue weighted by Gasteiger charge is 2.17. The number of hydrogen-bond acceptors (Lipinski definition) is 4. The molecule has 0 aliphatic heterocycles. The molecule has 0 spiro atoms. The molecule has 110 valence electrons. The topological polar surface area (TPSA) is 56.5 Å². The van der Waals surface area contributed by atoms with Crippen LogP contribution in [0.5, 0.6) is 5.75 Å². The fourth-order valence-corrected chi connectivity index (χ4v) is 2.31. The third kappa shape index (κ3) is 2.51. The van der Waals surface area contributed by atoms with Crippen LogP contribution in [-0.2, 0) is 0 Å². The predicted molar refractivity (Wildman–Crippen MR) is 83.4 cm³/mol. The lowest BCUT2D eigenvalue weighted by Gasteiger charge is -2.09. The van der Waals surface area contributed by atoms with Crippen molar-refractivity contribution in [2.45, 2.75) is 13.8 Å². The second-order valence-electron chi connectivity index (χ2n) is 5.10. The molecule has 4 heteroatoms. The van der Waals surface area contributed by atoms with Crippen LogP contribution in [0.3, 0.4) is 0 Å². The monoisotopic (exact) mass is 294 g/mol. The van der Waals surface area contributed by atoms with E-state index in [2.05, 4.69) is 0 Å². The first kappa shape index (κ1) is 14.1. The van der Waals surface area contributed by atoms with Crippen LogP contribution in [0.1, 0.15) is 21.5 Å². The summed E-state index contributed by atoms with van der Waals surface area (Å²) in [6.45, 7) is 3.69. The lowest BCUT2D eigenvalue weighted by atomic mass is 10.1. The van der Waals surface area contributed by atoms with Gasteiger partial charge in [-0.1, -0.05) is 36.4 Å². The lowest BCUT2D eigenvalue weighted by molar-refractivity contribution is 0.0728. The van der Waals surface area contributed by atoms with Gasteiger partial charge in [0.2, 0.25) is 0 Å². The Morgan fingerprint density at radius 2 is 1.68 bits per heavy atom. The summed E-state index contributed by atoms with van der Waals surface area (Å²) in [7, 11) is 0.